The van der Waals surface area contributed by atoms with Crippen LogP contribution in [-0.4, -0.2) is 0 Å². The second-order valence-electron chi connectivity index (χ2n) is 8.11. The van der Waals surface area contributed by atoms with Crippen LogP contribution in [0.2, 0.25) is 0 Å². The van der Waals surface area contributed by atoms with Crippen molar-refractivity contribution < 1.29 is 17.6 Å². The Labute approximate surface area is 180 Å². The van der Waals surface area contributed by atoms with Crippen LogP contribution in [0.1, 0.15) is 54.9 Å². The molecular formula is C27H24F4. The van der Waals surface area contributed by atoms with Crippen molar-refractivity contribution >= 4 is 11.6 Å². The van der Waals surface area contributed by atoms with Crippen molar-refractivity contribution in [3.05, 3.63) is 94.1 Å². The summed E-state index contributed by atoms with van der Waals surface area (Å²) < 4.78 is 55.3. The topological polar surface area (TPSA) is 0 Å². The molecule has 3 aromatic carbocycles. The maximum atomic E-state index is 14.8. The molecule has 0 radical (unpaired) electrons. The van der Waals surface area contributed by atoms with Crippen LogP contribution in [0.25, 0.3) is 22.8 Å². The summed E-state index contributed by atoms with van der Waals surface area (Å²) in [5.41, 5.74) is 5.31. The van der Waals surface area contributed by atoms with Gasteiger partial charge in [-0.05, 0) is 83.3 Å². The Kier molecular flexibility index (Phi) is 6.26. The first kappa shape index (κ1) is 21.4. The quantitative estimate of drug-likeness (QED) is 0.213. The SMILES string of the molecule is CCCCCc1ccc(C2=Cc3cc(F)c(-c4cc(F)c(F)c(F)c4)cc3CC2)cc1. The van der Waals surface area contributed by atoms with Crippen LogP contribution in [0.3, 0.4) is 0 Å². The summed E-state index contributed by atoms with van der Waals surface area (Å²) in [5.74, 6) is -4.79. The third kappa shape index (κ3) is 4.58. The Morgan fingerprint density at radius 3 is 2.13 bits per heavy atom. The lowest BCUT2D eigenvalue weighted by molar-refractivity contribution is 0.447. The fourth-order valence-electron chi connectivity index (χ4n) is 4.14. The zero-order chi connectivity index (χ0) is 22.0. The van der Waals surface area contributed by atoms with Gasteiger partial charge < -0.3 is 0 Å². The van der Waals surface area contributed by atoms with E-state index in [2.05, 4.69) is 31.2 Å². The van der Waals surface area contributed by atoms with Crippen LogP contribution in [-0.2, 0) is 12.8 Å². The molecule has 4 heteroatoms. The fraction of sp³-hybridized carbons (Fsp3) is 0.259. The zero-order valence-corrected chi connectivity index (χ0v) is 17.5. The van der Waals surface area contributed by atoms with Crippen LogP contribution in [0.5, 0.6) is 0 Å². The van der Waals surface area contributed by atoms with E-state index in [-0.39, 0.29) is 11.1 Å². The van der Waals surface area contributed by atoms with E-state index in [0.717, 1.165) is 47.2 Å². The lowest BCUT2D eigenvalue weighted by atomic mass is 9.86. The molecular weight excluding hydrogens is 400 g/mol. The van der Waals surface area contributed by atoms with Gasteiger partial charge in [-0.1, -0.05) is 50.1 Å². The molecule has 0 heterocycles. The summed E-state index contributed by atoms with van der Waals surface area (Å²) >= 11 is 0. The normalized spacial score (nSPS) is 13.1. The van der Waals surface area contributed by atoms with Crippen LogP contribution in [0, 0.1) is 23.3 Å². The highest BCUT2D eigenvalue weighted by Crippen LogP contribution is 2.35. The van der Waals surface area contributed by atoms with Gasteiger partial charge in [0, 0.05) is 5.56 Å². The van der Waals surface area contributed by atoms with E-state index in [1.165, 1.54) is 30.9 Å². The summed E-state index contributed by atoms with van der Waals surface area (Å²) in [6.07, 6.45) is 8.16. The molecule has 160 valence electrons. The fourth-order valence-corrected chi connectivity index (χ4v) is 4.14. The smallest absolute Gasteiger partial charge is 0.194 e. The van der Waals surface area contributed by atoms with Gasteiger partial charge >= 0.3 is 0 Å². The first-order chi connectivity index (χ1) is 15.0. The number of allylic oxidation sites excluding steroid dienone is 1. The minimum absolute atomic E-state index is 0.00913. The minimum atomic E-state index is -1.55. The predicted molar refractivity (Wildman–Crippen MR) is 118 cm³/mol. The molecule has 0 bridgehead atoms. The van der Waals surface area contributed by atoms with Crippen LogP contribution < -0.4 is 0 Å². The Morgan fingerprint density at radius 2 is 1.45 bits per heavy atom. The van der Waals surface area contributed by atoms with Gasteiger partial charge in [0.1, 0.15) is 5.82 Å². The van der Waals surface area contributed by atoms with Gasteiger partial charge in [0.25, 0.3) is 0 Å². The second-order valence-corrected chi connectivity index (χ2v) is 8.11. The molecule has 0 N–H and O–H groups in total. The van der Waals surface area contributed by atoms with Gasteiger partial charge in [0.15, 0.2) is 17.5 Å². The van der Waals surface area contributed by atoms with Crippen molar-refractivity contribution in [3.63, 3.8) is 0 Å². The number of unbranched alkanes of at least 4 members (excludes halogenated alkanes) is 2. The molecule has 0 fully saturated rings. The minimum Gasteiger partial charge on any atom is -0.206 e. The standard InChI is InChI=1S/C27H24F4/c1-2-3-4-5-17-6-8-18(9-7-17)19-10-11-20-13-23(24(28)14-21(20)12-19)22-15-25(29)27(31)26(30)16-22/h6-9,12-16H,2-5,10-11H2,1H3. The van der Waals surface area contributed by atoms with Gasteiger partial charge in [-0.25, -0.2) is 17.6 Å². The summed E-state index contributed by atoms with van der Waals surface area (Å²) in [4.78, 5) is 0. The summed E-state index contributed by atoms with van der Waals surface area (Å²) in [6, 6.07) is 13.2. The molecule has 0 saturated heterocycles. The lowest BCUT2D eigenvalue weighted by Gasteiger charge is -2.19. The molecule has 1 aliphatic rings. The molecule has 0 unspecified atom stereocenters. The Hall–Kier alpha value is -2.88. The van der Waals surface area contributed by atoms with E-state index in [9.17, 15) is 17.6 Å². The van der Waals surface area contributed by atoms with Crippen molar-refractivity contribution in [1.29, 1.82) is 0 Å². The number of hydrogen-bond donors (Lipinski definition) is 0. The van der Waals surface area contributed by atoms with E-state index < -0.39 is 23.3 Å². The highest BCUT2D eigenvalue weighted by molar-refractivity contribution is 5.85. The van der Waals surface area contributed by atoms with Gasteiger partial charge in [-0.3, -0.25) is 0 Å². The molecule has 31 heavy (non-hydrogen) atoms. The molecule has 0 atom stereocenters. The summed E-state index contributed by atoms with van der Waals surface area (Å²) in [6.45, 7) is 2.19. The predicted octanol–water partition coefficient (Wildman–Crippen LogP) is 8.13. The van der Waals surface area contributed by atoms with Crippen molar-refractivity contribution in [3.8, 4) is 11.1 Å². The largest absolute Gasteiger partial charge is 0.206 e. The highest BCUT2D eigenvalue weighted by Gasteiger charge is 2.18. The lowest BCUT2D eigenvalue weighted by Crippen LogP contribution is -2.02. The molecule has 0 amide bonds. The van der Waals surface area contributed by atoms with Crippen molar-refractivity contribution in [2.45, 2.75) is 45.4 Å². The van der Waals surface area contributed by atoms with Gasteiger partial charge in [0.05, 0.1) is 0 Å². The molecule has 0 aliphatic heterocycles. The van der Waals surface area contributed by atoms with Crippen molar-refractivity contribution in [1.82, 2.24) is 0 Å². The highest BCUT2D eigenvalue weighted by atomic mass is 19.2. The maximum absolute atomic E-state index is 14.8. The van der Waals surface area contributed by atoms with E-state index >= 15 is 0 Å². The monoisotopic (exact) mass is 424 g/mol. The van der Waals surface area contributed by atoms with Crippen LogP contribution in [0.4, 0.5) is 17.6 Å². The second kappa shape index (κ2) is 9.09. The van der Waals surface area contributed by atoms with Gasteiger partial charge in [-0.15, -0.1) is 0 Å². The number of benzene rings is 3. The van der Waals surface area contributed by atoms with E-state index in [1.807, 2.05) is 6.08 Å². The summed E-state index contributed by atoms with van der Waals surface area (Å²) in [5, 5.41) is 0. The number of hydrogen-bond acceptors (Lipinski definition) is 0. The Bertz CT molecular complexity index is 1100. The van der Waals surface area contributed by atoms with Gasteiger partial charge in [-0.2, -0.15) is 0 Å². The Balaban J connectivity index is 1.61. The number of aryl methyl sites for hydroxylation is 2. The first-order valence-corrected chi connectivity index (χ1v) is 10.7. The molecule has 0 spiro atoms. The third-order valence-corrected chi connectivity index (χ3v) is 5.91. The number of halogens is 4. The molecule has 4 rings (SSSR count). The first-order valence-electron chi connectivity index (χ1n) is 10.7. The molecule has 0 aromatic heterocycles. The summed E-state index contributed by atoms with van der Waals surface area (Å²) in [7, 11) is 0. The third-order valence-electron chi connectivity index (χ3n) is 5.91. The molecule has 1 aliphatic carbocycles. The maximum Gasteiger partial charge on any atom is 0.194 e. The zero-order valence-electron chi connectivity index (χ0n) is 17.5. The molecule has 0 saturated carbocycles. The van der Waals surface area contributed by atoms with Crippen LogP contribution in [0.15, 0.2) is 48.5 Å². The van der Waals surface area contributed by atoms with E-state index in [1.54, 1.807) is 6.07 Å². The van der Waals surface area contributed by atoms with Gasteiger partial charge in [0.2, 0.25) is 0 Å². The van der Waals surface area contributed by atoms with E-state index in [0.29, 0.717) is 6.42 Å². The van der Waals surface area contributed by atoms with E-state index in [4.69, 9.17) is 0 Å². The van der Waals surface area contributed by atoms with Crippen LogP contribution >= 0.6 is 0 Å². The van der Waals surface area contributed by atoms with Crippen molar-refractivity contribution in [2.75, 3.05) is 0 Å². The molecule has 3 aromatic rings. The molecule has 0 nitrogen and oxygen atoms in total. The average Bonchev–Trinajstić information content (AvgIpc) is 2.77. The Morgan fingerprint density at radius 1 is 0.742 bits per heavy atom. The number of rotatable bonds is 6. The average molecular weight is 424 g/mol. The number of fused-ring (bicyclic) bond motifs is 1. The van der Waals surface area contributed by atoms with Crippen molar-refractivity contribution in [2.24, 2.45) is 0 Å².